The molecule has 0 saturated heterocycles. The van der Waals surface area contributed by atoms with Gasteiger partial charge in [-0.05, 0) is 58.7 Å². The molecular formula is C15H24Br2N2O3S. The maximum Gasteiger partial charge on any atom is 0.410 e. The Morgan fingerprint density at radius 2 is 2.04 bits per heavy atom. The van der Waals surface area contributed by atoms with E-state index in [1.165, 1.54) is 4.88 Å². The number of nitrogens with one attached hydrogen (secondary N) is 1. The summed E-state index contributed by atoms with van der Waals surface area (Å²) < 4.78 is 12.6. The number of amides is 1. The first-order valence-electron chi connectivity index (χ1n) is 7.34. The molecule has 0 aliphatic carbocycles. The van der Waals surface area contributed by atoms with Crippen LogP contribution in [-0.4, -0.2) is 49.9 Å². The van der Waals surface area contributed by atoms with Gasteiger partial charge < -0.3 is 19.7 Å². The highest BCUT2D eigenvalue weighted by Crippen LogP contribution is 2.32. The first-order chi connectivity index (χ1) is 10.7. The number of nitrogens with zero attached hydrogens (tertiary/aromatic N) is 1. The van der Waals surface area contributed by atoms with Crippen LogP contribution in [0.4, 0.5) is 4.79 Å². The molecule has 8 heteroatoms. The summed E-state index contributed by atoms with van der Waals surface area (Å²) in [7, 11) is 1.62. The van der Waals surface area contributed by atoms with E-state index in [0.29, 0.717) is 26.2 Å². The molecular weight excluding hydrogens is 448 g/mol. The lowest BCUT2D eigenvalue weighted by atomic mass is 10.2. The van der Waals surface area contributed by atoms with Crippen LogP contribution in [0, 0.1) is 0 Å². The summed E-state index contributed by atoms with van der Waals surface area (Å²) in [5.74, 6) is 0. The molecule has 0 aromatic carbocycles. The molecule has 0 bridgehead atoms. The summed E-state index contributed by atoms with van der Waals surface area (Å²) in [4.78, 5) is 15.1. The molecule has 1 aromatic rings. The lowest BCUT2D eigenvalue weighted by molar-refractivity contribution is 0.0204. The van der Waals surface area contributed by atoms with E-state index in [1.54, 1.807) is 23.3 Å². The second-order valence-corrected chi connectivity index (χ2v) is 9.28. The van der Waals surface area contributed by atoms with Gasteiger partial charge in [-0.1, -0.05) is 0 Å². The lowest BCUT2D eigenvalue weighted by Gasteiger charge is -2.27. The molecule has 0 radical (unpaired) electrons. The van der Waals surface area contributed by atoms with Crippen molar-refractivity contribution in [2.24, 2.45) is 0 Å². The van der Waals surface area contributed by atoms with E-state index >= 15 is 0 Å². The molecule has 0 fully saturated rings. The second-order valence-electron chi connectivity index (χ2n) is 5.97. The van der Waals surface area contributed by atoms with Gasteiger partial charge in [0.25, 0.3) is 0 Å². The van der Waals surface area contributed by atoms with Crippen LogP contribution < -0.4 is 5.32 Å². The topological polar surface area (TPSA) is 50.8 Å². The molecule has 132 valence electrons. The SMILES string of the molecule is COCCN(CCNCc1cc(Br)c(Br)s1)C(=O)OC(C)(C)C. The van der Waals surface area contributed by atoms with Crippen LogP contribution in [0.5, 0.6) is 0 Å². The number of rotatable bonds is 8. The van der Waals surface area contributed by atoms with E-state index in [2.05, 4.69) is 43.2 Å². The van der Waals surface area contributed by atoms with Crippen LogP contribution in [0.3, 0.4) is 0 Å². The fourth-order valence-corrected chi connectivity index (χ4v) is 3.87. The Bertz CT molecular complexity index is 484. The predicted octanol–water partition coefficient (Wildman–Crippen LogP) is 4.25. The monoisotopic (exact) mass is 470 g/mol. The zero-order valence-corrected chi connectivity index (χ0v) is 17.9. The van der Waals surface area contributed by atoms with Gasteiger partial charge in [-0.2, -0.15) is 0 Å². The number of hydrogen-bond donors (Lipinski definition) is 1. The third-order valence-corrected chi connectivity index (χ3v) is 6.03. The normalized spacial score (nSPS) is 11.6. The average molecular weight is 472 g/mol. The molecule has 5 nitrogen and oxygen atoms in total. The van der Waals surface area contributed by atoms with E-state index in [0.717, 1.165) is 14.8 Å². The third kappa shape index (κ3) is 8.49. The van der Waals surface area contributed by atoms with Crippen LogP contribution in [0.1, 0.15) is 25.6 Å². The highest BCUT2D eigenvalue weighted by Gasteiger charge is 2.21. The summed E-state index contributed by atoms with van der Waals surface area (Å²) in [6.07, 6.45) is -0.307. The summed E-state index contributed by atoms with van der Waals surface area (Å²) in [5, 5.41) is 3.35. The Hall–Kier alpha value is -0.150. The summed E-state index contributed by atoms with van der Waals surface area (Å²) in [5.41, 5.74) is -0.495. The van der Waals surface area contributed by atoms with Crippen molar-refractivity contribution in [2.45, 2.75) is 32.9 Å². The molecule has 0 saturated carbocycles. The first-order valence-corrected chi connectivity index (χ1v) is 9.74. The molecule has 0 atom stereocenters. The first kappa shape index (κ1) is 20.9. The average Bonchev–Trinajstić information content (AvgIpc) is 2.74. The van der Waals surface area contributed by atoms with E-state index in [1.807, 2.05) is 20.8 Å². The van der Waals surface area contributed by atoms with Crippen molar-refractivity contribution in [1.29, 1.82) is 0 Å². The summed E-state index contributed by atoms with van der Waals surface area (Å²) in [6.45, 7) is 8.63. The van der Waals surface area contributed by atoms with Gasteiger partial charge in [0.2, 0.25) is 0 Å². The van der Waals surface area contributed by atoms with Gasteiger partial charge in [0.05, 0.1) is 10.4 Å². The predicted molar refractivity (Wildman–Crippen MR) is 101 cm³/mol. The van der Waals surface area contributed by atoms with Gasteiger partial charge in [0, 0.05) is 42.6 Å². The van der Waals surface area contributed by atoms with Gasteiger partial charge in [-0.15, -0.1) is 11.3 Å². The Balaban J connectivity index is 2.42. The molecule has 1 aromatic heterocycles. The van der Waals surface area contributed by atoms with E-state index in [-0.39, 0.29) is 6.09 Å². The minimum Gasteiger partial charge on any atom is -0.444 e. The van der Waals surface area contributed by atoms with Crippen LogP contribution >= 0.6 is 43.2 Å². The lowest BCUT2D eigenvalue weighted by Crippen LogP contribution is -2.42. The number of ether oxygens (including phenoxy) is 2. The van der Waals surface area contributed by atoms with Crippen LogP contribution in [0.15, 0.2) is 14.3 Å². The Labute approximate surface area is 159 Å². The van der Waals surface area contributed by atoms with Crippen LogP contribution in [-0.2, 0) is 16.0 Å². The summed E-state index contributed by atoms with van der Waals surface area (Å²) in [6, 6.07) is 2.08. The number of thiophene rings is 1. The van der Waals surface area contributed by atoms with Gasteiger partial charge in [0.1, 0.15) is 5.60 Å². The Kier molecular flexibility index (Phi) is 9.07. The molecule has 0 spiro atoms. The maximum atomic E-state index is 12.2. The Morgan fingerprint density at radius 1 is 1.35 bits per heavy atom. The standard InChI is InChI=1S/C15H24Br2N2O3S/c1-15(2,3)22-14(20)19(7-8-21-4)6-5-18-10-11-9-12(16)13(17)23-11/h9,18H,5-8,10H2,1-4H3. The van der Waals surface area contributed by atoms with Crippen molar-refractivity contribution in [3.8, 4) is 0 Å². The molecule has 1 amide bonds. The van der Waals surface area contributed by atoms with Crippen LogP contribution in [0.2, 0.25) is 0 Å². The smallest absolute Gasteiger partial charge is 0.410 e. The van der Waals surface area contributed by atoms with E-state index < -0.39 is 5.60 Å². The zero-order valence-electron chi connectivity index (χ0n) is 13.9. The molecule has 1 N–H and O–H groups in total. The quantitative estimate of drug-likeness (QED) is 0.576. The molecule has 0 aliphatic rings. The summed E-state index contributed by atoms with van der Waals surface area (Å²) >= 11 is 8.64. The van der Waals surface area contributed by atoms with Crippen molar-refractivity contribution in [3.05, 3.63) is 19.2 Å². The molecule has 1 heterocycles. The molecule has 23 heavy (non-hydrogen) atoms. The van der Waals surface area contributed by atoms with E-state index in [9.17, 15) is 4.79 Å². The molecule has 0 aliphatic heterocycles. The highest BCUT2D eigenvalue weighted by atomic mass is 79.9. The van der Waals surface area contributed by atoms with Gasteiger partial charge in [-0.3, -0.25) is 0 Å². The van der Waals surface area contributed by atoms with Crippen molar-refractivity contribution in [3.63, 3.8) is 0 Å². The van der Waals surface area contributed by atoms with Gasteiger partial charge in [0.15, 0.2) is 0 Å². The van der Waals surface area contributed by atoms with Crippen molar-refractivity contribution < 1.29 is 14.3 Å². The van der Waals surface area contributed by atoms with Crippen molar-refractivity contribution in [1.82, 2.24) is 10.2 Å². The number of halogens is 2. The fraction of sp³-hybridized carbons (Fsp3) is 0.667. The largest absolute Gasteiger partial charge is 0.444 e. The Morgan fingerprint density at radius 3 is 2.57 bits per heavy atom. The van der Waals surface area contributed by atoms with Gasteiger partial charge >= 0.3 is 6.09 Å². The number of methoxy groups -OCH3 is 1. The fourth-order valence-electron chi connectivity index (χ4n) is 1.73. The second kappa shape index (κ2) is 9.98. The van der Waals surface area contributed by atoms with Gasteiger partial charge in [-0.25, -0.2) is 4.79 Å². The maximum absolute atomic E-state index is 12.2. The van der Waals surface area contributed by atoms with Crippen molar-refractivity contribution in [2.75, 3.05) is 33.4 Å². The number of carbonyl (C=O) groups is 1. The highest BCUT2D eigenvalue weighted by molar-refractivity contribution is 9.13. The number of carbonyl (C=O) groups excluding carboxylic acids is 1. The minimum absolute atomic E-state index is 0.307. The zero-order chi connectivity index (χ0) is 17.5. The minimum atomic E-state index is -0.495. The number of hydrogen-bond acceptors (Lipinski definition) is 5. The third-order valence-electron chi connectivity index (χ3n) is 2.77. The van der Waals surface area contributed by atoms with Crippen molar-refractivity contribution >= 4 is 49.3 Å². The molecule has 0 unspecified atom stereocenters. The van der Waals surface area contributed by atoms with E-state index in [4.69, 9.17) is 9.47 Å². The molecule has 1 rings (SSSR count). The van der Waals surface area contributed by atoms with Crippen LogP contribution in [0.25, 0.3) is 0 Å².